The maximum atomic E-state index is 12.9. The SMILES string of the molecule is CCCCCCCCCCCCCCCC(=O)OC[C@@H](COP(=O)(O)OC1[C@H](O)[C@H](O)C(OP(=O)(O)O)[C@H](O)[C@H]1O)OC(=O)CCCCCCCCCCCCCCC. The summed E-state index contributed by atoms with van der Waals surface area (Å²) in [7, 11) is -10.6. The first-order chi connectivity index (χ1) is 28.1. The van der Waals surface area contributed by atoms with Crippen LogP contribution in [0, 0.1) is 0 Å². The molecule has 59 heavy (non-hydrogen) atoms. The molecule has 0 aromatic heterocycles. The molecule has 0 heterocycles. The molecule has 18 heteroatoms. The Hall–Kier alpha value is -1.00. The van der Waals surface area contributed by atoms with E-state index in [1.165, 1.54) is 103 Å². The number of aliphatic hydroxyl groups is 4. The highest BCUT2D eigenvalue weighted by atomic mass is 31.2. The second-order valence-electron chi connectivity index (χ2n) is 16.1. The average Bonchev–Trinajstić information content (AvgIpc) is 3.18. The van der Waals surface area contributed by atoms with Gasteiger partial charge in [-0.25, -0.2) is 9.13 Å². The lowest BCUT2D eigenvalue weighted by atomic mass is 9.85. The zero-order valence-electron chi connectivity index (χ0n) is 36.0. The van der Waals surface area contributed by atoms with E-state index in [1.54, 1.807) is 0 Å². The molecule has 0 saturated heterocycles. The van der Waals surface area contributed by atoms with Gasteiger partial charge >= 0.3 is 27.6 Å². The molecule has 8 atom stereocenters. The topological polar surface area (TPSA) is 256 Å². The molecule has 0 bridgehead atoms. The Balaban J connectivity index is 2.59. The van der Waals surface area contributed by atoms with Gasteiger partial charge in [-0.05, 0) is 12.8 Å². The second kappa shape index (κ2) is 33.5. The summed E-state index contributed by atoms with van der Waals surface area (Å²) in [6.45, 7) is 3.13. The van der Waals surface area contributed by atoms with E-state index in [2.05, 4.69) is 18.4 Å². The fraction of sp³-hybridized carbons (Fsp3) is 0.951. The van der Waals surface area contributed by atoms with Crippen molar-refractivity contribution in [3.05, 3.63) is 0 Å². The molecule has 16 nitrogen and oxygen atoms in total. The largest absolute Gasteiger partial charge is 0.472 e. The predicted octanol–water partition coefficient (Wildman–Crippen LogP) is 7.84. The van der Waals surface area contributed by atoms with E-state index in [1.807, 2.05) is 0 Å². The molecule has 1 rings (SSSR count). The van der Waals surface area contributed by atoms with Crippen LogP contribution < -0.4 is 0 Å². The summed E-state index contributed by atoms with van der Waals surface area (Å²) in [4.78, 5) is 53.9. The third-order valence-corrected chi connectivity index (χ3v) is 12.2. The Morgan fingerprint density at radius 1 is 0.475 bits per heavy atom. The Morgan fingerprint density at radius 3 is 1.15 bits per heavy atom. The molecule has 0 amide bonds. The minimum atomic E-state index is -5.30. The van der Waals surface area contributed by atoms with Crippen LogP contribution in [0.3, 0.4) is 0 Å². The van der Waals surface area contributed by atoms with Gasteiger partial charge in [0, 0.05) is 12.8 Å². The van der Waals surface area contributed by atoms with Gasteiger partial charge in [-0.1, -0.05) is 168 Å². The summed E-state index contributed by atoms with van der Waals surface area (Å²) in [5.41, 5.74) is 0. The Bertz CT molecular complexity index is 1160. The lowest BCUT2D eigenvalue weighted by molar-refractivity contribution is -0.216. The molecule has 350 valence electrons. The van der Waals surface area contributed by atoms with Crippen molar-refractivity contribution < 1.29 is 76.9 Å². The lowest BCUT2D eigenvalue weighted by Crippen LogP contribution is -2.64. The molecule has 1 aliphatic carbocycles. The molecule has 0 aliphatic heterocycles. The highest BCUT2D eigenvalue weighted by Gasteiger charge is 2.54. The number of rotatable bonds is 38. The van der Waals surface area contributed by atoms with Gasteiger partial charge in [-0.3, -0.25) is 23.2 Å². The van der Waals surface area contributed by atoms with Crippen molar-refractivity contribution in [2.24, 2.45) is 0 Å². The van der Waals surface area contributed by atoms with Crippen LogP contribution in [0.1, 0.15) is 194 Å². The first-order valence-corrected chi connectivity index (χ1v) is 25.6. The number of carbonyl (C=O) groups excluding carboxylic acids is 2. The summed E-state index contributed by atoms with van der Waals surface area (Å²) in [6.07, 6.45) is 15.1. The van der Waals surface area contributed by atoms with Crippen LogP contribution in [0.25, 0.3) is 0 Å². The van der Waals surface area contributed by atoms with Crippen LogP contribution in [0.2, 0.25) is 0 Å². The minimum Gasteiger partial charge on any atom is -0.462 e. The van der Waals surface area contributed by atoms with Gasteiger partial charge in [-0.15, -0.1) is 0 Å². The van der Waals surface area contributed by atoms with Crippen LogP contribution in [-0.4, -0.2) is 103 Å². The monoisotopic (exact) mass is 890 g/mol. The fourth-order valence-electron chi connectivity index (χ4n) is 7.14. The molecule has 0 radical (unpaired) electrons. The van der Waals surface area contributed by atoms with Crippen molar-refractivity contribution in [3.63, 3.8) is 0 Å². The zero-order valence-corrected chi connectivity index (χ0v) is 37.7. The van der Waals surface area contributed by atoms with E-state index >= 15 is 0 Å². The molecule has 0 spiro atoms. The molecule has 0 aromatic rings. The van der Waals surface area contributed by atoms with Gasteiger partial charge < -0.3 is 44.6 Å². The highest BCUT2D eigenvalue weighted by molar-refractivity contribution is 7.47. The molecular weight excluding hydrogens is 810 g/mol. The molecule has 7 N–H and O–H groups in total. The average molecular weight is 891 g/mol. The number of phosphoric acid groups is 2. The van der Waals surface area contributed by atoms with Crippen molar-refractivity contribution in [3.8, 4) is 0 Å². The number of phosphoric ester groups is 2. The fourth-order valence-corrected chi connectivity index (χ4v) is 8.68. The van der Waals surface area contributed by atoms with Gasteiger partial charge in [0.1, 0.15) is 43.2 Å². The molecule has 3 unspecified atom stereocenters. The highest BCUT2D eigenvalue weighted by Crippen LogP contribution is 2.48. The van der Waals surface area contributed by atoms with Gasteiger partial charge in [-0.2, -0.15) is 0 Å². The summed E-state index contributed by atoms with van der Waals surface area (Å²) in [5.74, 6) is -1.18. The van der Waals surface area contributed by atoms with Gasteiger partial charge in [0.05, 0.1) is 6.61 Å². The normalized spacial score (nSPS) is 22.5. The number of aliphatic hydroxyl groups excluding tert-OH is 4. The van der Waals surface area contributed by atoms with Crippen molar-refractivity contribution in [1.29, 1.82) is 0 Å². The smallest absolute Gasteiger partial charge is 0.462 e. The van der Waals surface area contributed by atoms with E-state index in [9.17, 15) is 44.0 Å². The van der Waals surface area contributed by atoms with Crippen molar-refractivity contribution >= 4 is 27.6 Å². The first kappa shape index (κ1) is 56.0. The molecular formula is C41H80O16P2. The van der Waals surface area contributed by atoms with E-state index in [-0.39, 0.29) is 12.8 Å². The number of hydrogen-bond acceptors (Lipinski definition) is 13. The molecule has 1 saturated carbocycles. The summed E-state index contributed by atoms with van der Waals surface area (Å²) >= 11 is 0. The molecule has 0 aromatic carbocycles. The van der Waals surface area contributed by atoms with Crippen LogP contribution >= 0.6 is 15.6 Å². The third kappa shape index (κ3) is 28.3. The van der Waals surface area contributed by atoms with Crippen LogP contribution in [0.4, 0.5) is 0 Å². The second-order valence-corrected chi connectivity index (χ2v) is 18.7. The summed E-state index contributed by atoms with van der Waals surface area (Å²) in [6, 6.07) is 0. The number of carbonyl (C=O) groups is 2. The maximum Gasteiger partial charge on any atom is 0.472 e. The lowest BCUT2D eigenvalue weighted by Gasteiger charge is -2.43. The minimum absolute atomic E-state index is 0.0581. The van der Waals surface area contributed by atoms with E-state index in [0.29, 0.717) is 12.8 Å². The standard InChI is InChI=1S/C41H80O16P2/c1-3-5-7-9-11-13-15-17-19-21-23-25-27-29-34(42)53-31-33(55-35(43)30-28-26-24-22-20-18-16-14-12-10-8-6-4-2)32-54-59(51,52)57-41-38(46)36(44)40(37(45)39(41)47)56-58(48,49)50/h33,36-41,44-47H,3-32H2,1-2H3,(H,51,52)(H2,48,49,50)/t33-,36-,37+,38+,39+,40?,41?/m0/s1. The summed E-state index contributed by atoms with van der Waals surface area (Å²) < 4.78 is 49.0. The van der Waals surface area contributed by atoms with Crippen LogP contribution in [0.15, 0.2) is 0 Å². The number of unbranched alkanes of at least 4 members (excludes halogenated alkanes) is 24. The van der Waals surface area contributed by atoms with Crippen LogP contribution in [0.5, 0.6) is 0 Å². The number of hydrogen-bond donors (Lipinski definition) is 7. The Morgan fingerprint density at radius 2 is 0.797 bits per heavy atom. The van der Waals surface area contributed by atoms with Crippen molar-refractivity contribution in [1.82, 2.24) is 0 Å². The van der Waals surface area contributed by atoms with Crippen molar-refractivity contribution in [2.75, 3.05) is 13.2 Å². The quantitative estimate of drug-likeness (QED) is 0.0177. The van der Waals surface area contributed by atoms with E-state index < -0.39 is 83.5 Å². The van der Waals surface area contributed by atoms with E-state index in [0.717, 1.165) is 51.4 Å². The number of ether oxygens (including phenoxy) is 2. The van der Waals surface area contributed by atoms with Gasteiger partial charge in [0.25, 0.3) is 0 Å². The van der Waals surface area contributed by atoms with Crippen LogP contribution in [-0.2, 0) is 41.8 Å². The molecule has 1 aliphatic rings. The molecule has 1 fully saturated rings. The number of esters is 2. The van der Waals surface area contributed by atoms with Crippen molar-refractivity contribution in [2.45, 2.75) is 236 Å². The van der Waals surface area contributed by atoms with E-state index in [4.69, 9.17) is 28.3 Å². The first-order valence-electron chi connectivity index (χ1n) is 22.6. The Kier molecular flexibility index (Phi) is 31.8. The third-order valence-electron chi connectivity index (χ3n) is 10.7. The van der Waals surface area contributed by atoms with Gasteiger partial charge in [0.2, 0.25) is 0 Å². The zero-order chi connectivity index (χ0) is 43.9. The summed E-state index contributed by atoms with van der Waals surface area (Å²) in [5, 5.41) is 41.4. The Labute approximate surface area is 353 Å². The van der Waals surface area contributed by atoms with Gasteiger partial charge in [0.15, 0.2) is 6.10 Å². The predicted molar refractivity (Wildman–Crippen MR) is 223 cm³/mol. The maximum absolute atomic E-state index is 12.9.